The van der Waals surface area contributed by atoms with Crippen LogP contribution >= 0.6 is 11.3 Å². The maximum Gasteiger partial charge on any atom is 0.312 e. The van der Waals surface area contributed by atoms with Crippen molar-refractivity contribution in [2.75, 3.05) is 5.32 Å². The summed E-state index contributed by atoms with van der Waals surface area (Å²) < 4.78 is 0. The van der Waals surface area contributed by atoms with Crippen LogP contribution in [0.3, 0.4) is 0 Å². The number of aliphatic carboxylic acids is 1. The normalized spacial score (nSPS) is 15.8. The van der Waals surface area contributed by atoms with E-state index in [9.17, 15) is 14.4 Å². The maximum absolute atomic E-state index is 12.6. The number of para-hydroxylation sites is 1. The Morgan fingerprint density at radius 2 is 2.11 bits per heavy atom. The van der Waals surface area contributed by atoms with E-state index < -0.39 is 18.3 Å². The third-order valence-corrected chi connectivity index (χ3v) is 5.64. The number of anilines is 1. The fourth-order valence-electron chi connectivity index (χ4n) is 3.31. The molecule has 4 rings (SSSR count). The molecule has 28 heavy (non-hydrogen) atoms. The van der Waals surface area contributed by atoms with Crippen LogP contribution in [0.1, 0.15) is 33.9 Å². The van der Waals surface area contributed by atoms with Crippen molar-refractivity contribution in [3.63, 3.8) is 0 Å². The minimum absolute atomic E-state index is 0.0190. The number of rotatable bonds is 5. The predicted molar refractivity (Wildman–Crippen MR) is 105 cm³/mol. The van der Waals surface area contributed by atoms with Crippen LogP contribution < -0.4 is 10.6 Å². The molecule has 0 fully saturated rings. The van der Waals surface area contributed by atoms with E-state index in [1.165, 1.54) is 11.3 Å². The topological polar surface area (TPSA) is 124 Å². The number of nitrogens with zero attached hydrogens (tertiary/aromatic N) is 1. The van der Waals surface area contributed by atoms with Gasteiger partial charge >= 0.3 is 5.97 Å². The molecule has 2 heterocycles. The van der Waals surface area contributed by atoms with E-state index in [0.717, 1.165) is 27.9 Å². The number of hydrogen-bond donors (Lipinski definition) is 4. The molecular weight excluding hydrogens is 380 g/mol. The highest BCUT2D eigenvalue weighted by atomic mass is 32.1. The van der Waals surface area contributed by atoms with Gasteiger partial charge in [-0.05, 0) is 25.0 Å². The molecule has 0 spiro atoms. The Morgan fingerprint density at radius 3 is 2.89 bits per heavy atom. The molecule has 0 unspecified atom stereocenters. The van der Waals surface area contributed by atoms with Crippen LogP contribution in [-0.2, 0) is 22.4 Å². The van der Waals surface area contributed by atoms with Gasteiger partial charge in [0.15, 0.2) is 5.13 Å². The highest BCUT2D eigenvalue weighted by Crippen LogP contribution is 2.30. The zero-order valence-corrected chi connectivity index (χ0v) is 15.6. The lowest BCUT2D eigenvalue weighted by atomic mass is 9.97. The molecule has 2 amide bonds. The molecule has 0 bridgehead atoms. The molecule has 0 saturated heterocycles. The smallest absolute Gasteiger partial charge is 0.312 e. The lowest BCUT2D eigenvalue weighted by Gasteiger charge is -2.22. The van der Waals surface area contributed by atoms with Crippen LogP contribution in [0, 0.1) is 0 Å². The second-order valence-electron chi connectivity index (χ2n) is 6.69. The standard InChI is InChI=1S/C19H18N4O4S/c24-16(9-17(25)26)23-19-22-13-6-5-11(8-15(13)28-19)20-18(27)14-7-10-3-1-2-4-12(10)21-14/h1-4,7,11,21H,5-6,8-9H2,(H,20,27)(H,25,26)(H,22,23,24)/t11-/m0/s1. The van der Waals surface area contributed by atoms with E-state index in [4.69, 9.17) is 5.11 Å². The summed E-state index contributed by atoms with van der Waals surface area (Å²) in [4.78, 5) is 43.3. The average Bonchev–Trinajstić information content (AvgIpc) is 3.23. The van der Waals surface area contributed by atoms with E-state index in [-0.39, 0.29) is 11.9 Å². The Kier molecular flexibility index (Phi) is 4.82. The second-order valence-corrected chi connectivity index (χ2v) is 7.77. The van der Waals surface area contributed by atoms with Gasteiger partial charge in [-0.1, -0.05) is 18.2 Å². The molecule has 1 atom stereocenters. The largest absolute Gasteiger partial charge is 0.481 e. The molecule has 4 N–H and O–H groups in total. The van der Waals surface area contributed by atoms with E-state index >= 15 is 0 Å². The summed E-state index contributed by atoms with van der Waals surface area (Å²) in [7, 11) is 0. The monoisotopic (exact) mass is 398 g/mol. The van der Waals surface area contributed by atoms with Crippen LogP contribution in [0.2, 0.25) is 0 Å². The highest BCUT2D eigenvalue weighted by molar-refractivity contribution is 7.15. The molecule has 144 valence electrons. The molecule has 3 aromatic rings. The maximum atomic E-state index is 12.6. The number of thiazole rings is 1. The van der Waals surface area contributed by atoms with Gasteiger partial charge < -0.3 is 20.7 Å². The summed E-state index contributed by atoms with van der Waals surface area (Å²) in [5, 5.41) is 15.6. The molecule has 9 heteroatoms. The number of aryl methyl sites for hydroxylation is 1. The lowest BCUT2D eigenvalue weighted by molar-refractivity contribution is -0.139. The number of nitrogens with one attached hydrogen (secondary N) is 3. The number of carbonyl (C=O) groups is 3. The van der Waals surface area contributed by atoms with Gasteiger partial charge in [-0.15, -0.1) is 11.3 Å². The van der Waals surface area contributed by atoms with Gasteiger partial charge in [-0.25, -0.2) is 4.98 Å². The summed E-state index contributed by atoms with van der Waals surface area (Å²) in [5.74, 6) is -1.93. The van der Waals surface area contributed by atoms with Gasteiger partial charge in [0.1, 0.15) is 12.1 Å². The van der Waals surface area contributed by atoms with Crippen molar-refractivity contribution in [1.82, 2.24) is 15.3 Å². The van der Waals surface area contributed by atoms with E-state index in [1.54, 1.807) is 0 Å². The summed E-state index contributed by atoms with van der Waals surface area (Å²) in [6.07, 6.45) is 1.49. The number of carboxylic acid groups (broad SMARTS) is 1. The summed E-state index contributed by atoms with van der Waals surface area (Å²) in [6.45, 7) is 0. The Labute approximate surface area is 164 Å². The first-order valence-electron chi connectivity index (χ1n) is 8.87. The van der Waals surface area contributed by atoms with Crippen molar-refractivity contribution >= 4 is 45.2 Å². The second kappa shape index (κ2) is 7.43. The van der Waals surface area contributed by atoms with Crippen molar-refractivity contribution in [1.29, 1.82) is 0 Å². The van der Waals surface area contributed by atoms with Crippen LogP contribution in [0.4, 0.5) is 5.13 Å². The molecular formula is C19H18N4O4S. The van der Waals surface area contributed by atoms with Gasteiger partial charge in [0, 0.05) is 28.2 Å². The van der Waals surface area contributed by atoms with Crippen LogP contribution in [-0.4, -0.2) is 38.9 Å². The molecule has 0 radical (unpaired) electrons. The number of aromatic nitrogens is 2. The molecule has 0 saturated carbocycles. The first-order valence-corrected chi connectivity index (χ1v) is 9.68. The number of hydrogen-bond acceptors (Lipinski definition) is 5. The Morgan fingerprint density at radius 1 is 1.29 bits per heavy atom. The van der Waals surface area contributed by atoms with Gasteiger partial charge in [-0.3, -0.25) is 14.4 Å². The van der Waals surface area contributed by atoms with Gasteiger partial charge in [-0.2, -0.15) is 0 Å². The summed E-state index contributed by atoms with van der Waals surface area (Å²) in [5.41, 5.74) is 2.34. The van der Waals surface area contributed by atoms with Crippen LogP contribution in [0.5, 0.6) is 0 Å². The van der Waals surface area contributed by atoms with Crippen molar-refractivity contribution in [2.45, 2.75) is 31.7 Å². The minimum atomic E-state index is -1.18. The highest BCUT2D eigenvalue weighted by Gasteiger charge is 2.25. The molecule has 0 aliphatic heterocycles. The fraction of sp³-hybridized carbons (Fsp3) is 0.263. The van der Waals surface area contributed by atoms with Crippen molar-refractivity contribution in [2.24, 2.45) is 0 Å². The fourth-order valence-corrected chi connectivity index (χ4v) is 4.42. The Balaban J connectivity index is 1.40. The molecule has 1 aliphatic carbocycles. The summed E-state index contributed by atoms with van der Waals surface area (Å²) in [6, 6.07) is 9.54. The summed E-state index contributed by atoms with van der Waals surface area (Å²) >= 11 is 1.33. The molecule has 2 aromatic heterocycles. The SMILES string of the molecule is O=C(O)CC(=O)Nc1nc2c(s1)C[C@@H](NC(=O)c1cc3ccccc3[nH]1)CC2. The van der Waals surface area contributed by atoms with Gasteiger partial charge in [0.25, 0.3) is 5.91 Å². The van der Waals surface area contributed by atoms with Crippen molar-refractivity contribution in [3.8, 4) is 0 Å². The first-order chi connectivity index (χ1) is 13.5. The minimum Gasteiger partial charge on any atom is -0.481 e. The number of carboxylic acids is 1. The van der Waals surface area contributed by atoms with Crippen LogP contribution in [0.15, 0.2) is 30.3 Å². The zero-order chi connectivity index (χ0) is 19.7. The van der Waals surface area contributed by atoms with E-state index in [2.05, 4.69) is 20.6 Å². The lowest BCUT2D eigenvalue weighted by Crippen LogP contribution is -2.38. The van der Waals surface area contributed by atoms with Crippen LogP contribution in [0.25, 0.3) is 10.9 Å². The number of H-pyrrole nitrogens is 1. The number of fused-ring (bicyclic) bond motifs is 2. The molecule has 1 aliphatic rings. The van der Waals surface area contributed by atoms with Crippen molar-refractivity contribution < 1.29 is 19.5 Å². The third kappa shape index (κ3) is 3.89. The first kappa shape index (κ1) is 18.2. The van der Waals surface area contributed by atoms with Gasteiger partial charge in [0.2, 0.25) is 5.91 Å². The number of aromatic amines is 1. The number of benzene rings is 1. The third-order valence-electron chi connectivity index (χ3n) is 4.61. The van der Waals surface area contributed by atoms with Gasteiger partial charge in [0.05, 0.1) is 5.69 Å². The number of carbonyl (C=O) groups excluding carboxylic acids is 2. The van der Waals surface area contributed by atoms with E-state index in [1.807, 2.05) is 30.3 Å². The Hall–Kier alpha value is -3.20. The quantitative estimate of drug-likeness (QED) is 0.491. The van der Waals surface area contributed by atoms with Crippen molar-refractivity contribution in [3.05, 3.63) is 46.6 Å². The predicted octanol–water partition coefficient (Wildman–Crippen LogP) is 2.32. The molecule has 8 nitrogen and oxygen atoms in total. The average molecular weight is 398 g/mol. The Bertz CT molecular complexity index is 1040. The molecule has 1 aromatic carbocycles. The number of amides is 2. The van der Waals surface area contributed by atoms with E-state index in [0.29, 0.717) is 23.7 Å². The zero-order valence-electron chi connectivity index (χ0n) is 14.8.